The van der Waals surface area contributed by atoms with Crippen LogP contribution in [0.25, 0.3) is 6.08 Å². The van der Waals surface area contributed by atoms with E-state index in [0.717, 1.165) is 5.56 Å². The van der Waals surface area contributed by atoms with Crippen molar-refractivity contribution in [1.82, 2.24) is 0 Å². The smallest absolute Gasteiger partial charge is 0.238 e. The van der Waals surface area contributed by atoms with Crippen LogP contribution in [-0.4, -0.2) is 17.0 Å². The van der Waals surface area contributed by atoms with E-state index in [1.54, 1.807) is 34.9 Å². The van der Waals surface area contributed by atoms with Crippen LogP contribution in [0.4, 0.5) is 5.69 Å². The van der Waals surface area contributed by atoms with Crippen molar-refractivity contribution in [3.8, 4) is 0 Å². The van der Waals surface area contributed by atoms with Gasteiger partial charge in [-0.05, 0) is 23.8 Å². The molecule has 1 atom stereocenters. The standard InChI is InChI=1S/C17H13Cl2NOS/c18-13-7-8-14(19)15(10-13)20-16(21)11-22-17(20)9-6-12-4-2-1-3-5-12/h1-10,17H,11H2/b9-6+/t17-/m0/s1. The maximum Gasteiger partial charge on any atom is 0.238 e. The minimum Gasteiger partial charge on any atom is -0.294 e. The first-order valence-electron chi connectivity index (χ1n) is 6.77. The van der Waals surface area contributed by atoms with Crippen LogP contribution < -0.4 is 4.90 Å². The molecule has 112 valence electrons. The molecule has 1 aliphatic rings. The number of carbonyl (C=O) groups excluding carboxylic acids is 1. The molecule has 1 amide bonds. The molecule has 22 heavy (non-hydrogen) atoms. The van der Waals surface area contributed by atoms with Gasteiger partial charge in [0.25, 0.3) is 0 Å². The third-order valence-electron chi connectivity index (χ3n) is 3.32. The molecule has 5 heteroatoms. The van der Waals surface area contributed by atoms with Gasteiger partial charge in [-0.2, -0.15) is 0 Å². The summed E-state index contributed by atoms with van der Waals surface area (Å²) in [7, 11) is 0. The van der Waals surface area contributed by atoms with Gasteiger partial charge in [-0.25, -0.2) is 0 Å². The van der Waals surface area contributed by atoms with Crippen molar-refractivity contribution in [3.63, 3.8) is 0 Å². The average Bonchev–Trinajstić information content (AvgIpc) is 2.89. The number of carbonyl (C=O) groups is 1. The van der Waals surface area contributed by atoms with Gasteiger partial charge in [-0.1, -0.05) is 65.7 Å². The van der Waals surface area contributed by atoms with E-state index in [0.29, 0.717) is 21.5 Å². The lowest BCUT2D eigenvalue weighted by Crippen LogP contribution is -2.31. The highest BCUT2D eigenvalue weighted by Gasteiger charge is 2.32. The molecule has 0 bridgehead atoms. The van der Waals surface area contributed by atoms with E-state index in [2.05, 4.69) is 0 Å². The average molecular weight is 350 g/mol. The number of rotatable bonds is 3. The Kier molecular flexibility index (Phi) is 4.77. The van der Waals surface area contributed by atoms with Gasteiger partial charge in [0.1, 0.15) is 5.37 Å². The van der Waals surface area contributed by atoms with Gasteiger partial charge in [0.2, 0.25) is 5.91 Å². The zero-order chi connectivity index (χ0) is 15.5. The molecule has 1 aliphatic heterocycles. The molecule has 0 aromatic heterocycles. The zero-order valence-corrected chi connectivity index (χ0v) is 13.9. The summed E-state index contributed by atoms with van der Waals surface area (Å²) in [5, 5.41) is 1.01. The quantitative estimate of drug-likeness (QED) is 0.766. The van der Waals surface area contributed by atoms with Gasteiger partial charge >= 0.3 is 0 Å². The van der Waals surface area contributed by atoms with Crippen LogP contribution in [-0.2, 0) is 4.79 Å². The van der Waals surface area contributed by atoms with Crippen molar-refractivity contribution in [1.29, 1.82) is 0 Å². The number of amides is 1. The molecule has 0 aliphatic carbocycles. The summed E-state index contributed by atoms with van der Waals surface area (Å²) in [6, 6.07) is 15.2. The van der Waals surface area contributed by atoms with Crippen LogP contribution in [0.15, 0.2) is 54.6 Å². The molecule has 1 saturated heterocycles. The molecule has 1 heterocycles. The fourth-order valence-electron chi connectivity index (χ4n) is 2.28. The lowest BCUT2D eigenvalue weighted by Gasteiger charge is -2.22. The third-order valence-corrected chi connectivity index (χ3v) is 5.00. The van der Waals surface area contributed by atoms with Gasteiger partial charge in [0, 0.05) is 5.02 Å². The molecule has 1 fully saturated rings. The highest BCUT2D eigenvalue weighted by atomic mass is 35.5. The highest BCUT2D eigenvalue weighted by molar-refractivity contribution is 8.01. The molecule has 0 N–H and O–H groups in total. The second-order valence-electron chi connectivity index (χ2n) is 4.83. The van der Waals surface area contributed by atoms with Crippen LogP contribution in [0.1, 0.15) is 5.56 Å². The largest absolute Gasteiger partial charge is 0.294 e. The zero-order valence-electron chi connectivity index (χ0n) is 11.6. The minimum atomic E-state index is -0.0799. The Morgan fingerprint density at radius 3 is 2.68 bits per heavy atom. The number of halogens is 2. The van der Waals surface area contributed by atoms with Gasteiger partial charge in [-0.3, -0.25) is 9.69 Å². The van der Waals surface area contributed by atoms with E-state index < -0.39 is 0 Å². The van der Waals surface area contributed by atoms with Crippen LogP contribution in [0.5, 0.6) is 0 Å². The van der Waals surface area contributed by atoms with Gasteiger partial charge in [-0.15, -0.1) is 11.8 Å². The molecule has 2 nitrogen and oxygen atoms in total. The first-order valence-corrected chi connectivity index (χ1v) is 8.57. The summed E-state index contributed by atoms with van der Waals surface area (Å²) in [6.07, 6.45) is 4.03. The maximum absolute atomic E-state index is 12.2. The van der Waals surface area contributed by atoms with Crippen molar-refractivity contribution in [2.24, 2.45) is 0 Å². The molecular weight excluding hydrogens is 337 g/mol. The number of nitrogens with zero attached hydrogens (tertiary/aromatic N) is 1. The van der Waals surface area contributed by atoms with Gasteiger partial charge < -0.3 is 0 Å². The Hall–Kier alpha value is -1.42. The summed E-state index contributed by atoms with van der Waals surface area (Å²) in [5.74, 6) is 0.476. The Bertz CT molecular complexity index is 718. The molecule has 0 radical (unpaired) electrons. The van der Waals surface area contributed by atoms with Crippen LogP contribution >= 0.6 is 35.0 Å². The molecule has 3 rings (SSSR count). The van der Waals surface area contributed by atoms with E-state index in [1.807, 2.05) is 42.5 Å². The maximum atomic E-state index is 12.2. The van der Waals surface area contributed by atoms with E-state index in [9.17, 15) is 4.79 Å². The first-order chi connectivity index (χ1) is 10.6. The van der Waals surface area contributed by atoms with E-state index in [1.165, 1.54) is 0 Å². The van der Waals surface area contributed by atoms with E-state index in [-0.39, 0.29) is 11.3 Å². The third kappa shape index (κ3) is 3.32. The molecule has 0 saturated carbocycles. The summed E-state index contributed by atoms with van der Waals surface area (Å²) in [6.45, 7) is 0. The number of hydrogen-bond donors (Lipinski definition) is 0. The fraction of sp³-hybridized carbons (Fsp3) is 0.118. The Labute approximate surface area is 143 Å². The number of hydrogen-bond acceptors (Lipinski definition) is 2. The predicted molar refractivity (Wildman–Crippen MR) is 95.7 cm³/mol. The Balaban J connectivity index is 1.90. The van der Waals surface area contributed by atoms with Crippen molar-refractivity contribution < 1.29 is 4.79 Å². The number of benzene rings is 2. The lowest BCUT2D eigenvalue weighted by atomic mass is 10.2. The SMILES string of the molecule is O=C1CS[C@@H](/C=C/c2ccccc2)N1c1cc(Cl)ccc1Cl. The van der Waals surface area contributed by atoms with Crippen LogP contribution in [0.2, 0.25) is 10.0 Å². The minimum absolute atomic E-state index is 0.0388. The lowest BCUT2D eigenvalue weighted by molar-refractivity contribution is -0.115. The van der Waals surface area contributed by atoms with Crippen molar-refractivity contribution in [2.45, 2.75) is 5.37 Å². The second kappa shape index (κ2) is 6.78. The molecule has 2 aromatic rings. The van der Waals surface area contributed by atoms with Crippen LogP contribution in [0, 0.1) is 0 Å². The molecule has 0 spiro atoms. The monoisotopic (exact) mass is 349 g/mol. The van der Waals surface area contributed by atoms with Crippen LogP contribution in [0.3, 0.4) is 0 Å². The van der Waals surface area contributed by atoms with Crippen molar-refractivity contribution in [2.75, 3.05) is 10.7 Å². The Morgan fingerprint density at radius 1 is 1.14 bits per heavy atom. The number of thioether (sulfide) groups is 1. The van der Waals surface area contributed by atoms with E-state index in [4.69, 9.17) is 23.2 Å². The number of anilines is 1. The molecule has 2 aromatic carbocycles. The van der Waals surface area contributed by atoms with Gasteiger partial charge in [0.15, 0.2) is 0 Å². The molecular formula is C17H13Cl2NOS. The summed E-state index contributed by atoms with van der Waals surface area (Å²) in [4.78, 5) is 13.9. The summed E-state index contributed by atoms with van der Waals surface area (Å²) in [5.41, 5.74) is 1.76. The van der Waals surface area contributed by atoms with Crippen molar-refractivity contribution >= 4 is 52.6 Å². The normalized spacial score (nSPS) is 18.4. The second-order valence-corrected chi connectivity index (χ2v) is 6.78. The highest BCUT2D eigenvalue weighted by Crippen LogP contribution is 2.37. The summed E-state index contributed by atoms with van der Waals surface area (Å²) < 4.78 is 0. The predicted octanol–water partition coefficient (Wildman–Crippen LogP) is 5.11. The van der Waals surface area contributed by atoms with Gasteiger partial charge in [0.05, 0.1) is 16.5 Å². The molecule has 0 unspecified atom stereocenters. The first kappa shape index (κ1) is 15.5. The fourth-order valence-corrected chi connectivity index (χ4v) is 3.68. The topological polar surface area (TPSA) is 20.3 Å². The van der Waals surface area contributed by atoms with Crippen molar-refractivity contribution in [3.05, 3.63) is 70.2 Å². The Morgan fingerprint density at radius 2 is 1.91 bits per heavy atom. The van der Waals surface area contributed by atoms with E-state index >= 15 is 0 Å². The summed E-state index contributed by atoms with van der Waals surface area (Å²) >= 11 is 13.9.